The molecule has 1 rings (SSSR count). The summed E-state index contributed by atoms with van der Waals surface area (Å²) >= 11 is 0. The molecule has 0 saturated heterocycles. The van der Waals surface area contributed by atoms with Crippen molar-refractivity contribution in [3.63, 3.8) is 0 Å². The fourth-order valence-corrected chi connectivity index (χ4v) is 0.846. The van der Waals surface area contributed by atoms with Crippen molar-refractivity contribution in [3.8, 4) is 0 Å². The Balaban J connectivity index is 3.06. The number of halogens is 3. The van der Waals surface area contributed by atoms with E-state index in [1.807, 2.05) is 0 Å². The van der Waals surface area contributed by atoms with Crippen molar-refractivity contribution in [3.05, 3.63) is 24.0 Å². The van der Waals surface area contributed by atoms with Crippen molar-refractivity contribution in [2.24, 2.45) is 0 Å². The van der Waals surface area contributed by atoms with Crippen molar-refractivity contribution in [2.75, 3.05) is 0 Å². The Bertz CT molecular complexity index is 258. The van der Waals surface area contributed by atoms with Gasteiger partial charge in [-0.3, -0.25) is 4.98 Å². The van der Waals surface area contributed by atoms with Gasteiger partial charge in [0, 0.05) is 6.20 Å². The predicted octanol–water partition coefficient (Wildman–Crippen LogP) is 1.60. The first kappa shape index (κ1) is 8.47. The molecule has 5 heteroatoms. The molecule has 11 heavy (non-hydrogen) atoms. The molecule has 60 valence electrons. The summed E-state index contributed by atoms with van der Waals surface area (Å²) in [6, 6.07) is 2.46. The normalized spacial score (nSPS) is 11.6. The van der Waals surface area contributed by atoms with E-state index in [1.165, 1.54) is 6.07 Å². The van der Waals surface area contributed by atoms with Gasteiger partial charge in [-0.25, -0.2) is 0 Å². The van der Waals surface area contributed by atoms with Gasteiger partial charge in [0.2, 0.25) is 0 Å². The largest absolute Gasteiger partial charge is 0.433 e. The van der Waals surface area contributed by atoms with Gasteiger partial charge in [0.15, 0.2) is 0 Å². The van der Waals surface area contributed by atoms with E-state index >= 15 is 0 Å². The Kier molecular flexibility index (Phi) is 2.14. The monoisotopic (exact) mass is 179 g/mol. The van der Waals surface area contributed by atoms with E-state index in [0.29, 0.717) is 5.30 Å². The first-order chi connectivity index (χ1) is 5.00. The lowest BCUT2D eigenvalue weighted by molar-refractivity contribution is -0.141. The molecular formula is C6H5F3NP. The number of hydrogen-bond donors (Lipinski definition) is 0. The second-order valence-corrected chi connectivity index (χ2v) is 2.64. The van der Waals surface area contributed by atoms with Gasteiger partial charge in [-0.2, -0.15) is 13.2 Å². The van der Waals surface area contributed by atoms with E-state index in [1.54, 1.807) is 0 Å². The predicted molar refractivity (Wildman–Crippen MR) is 38.6 cm³/mol. The quantitative estimate of drug-likeness (QED) is 0.551. The molecular weight excluding hydrogens is 174 g/mol. The van der Waals surface area contributed by atoms with E-state index in [4.69, 9.17) is 0 Å². The summed E-state index contributed by atoms with van der Waals surface area (Å²) in [6.45, 7) is 0. The van der Waals surface area contributed by atoms with Crippen LogP contribution in [0.15, 0.2) is 18.3 Å². The molecule has 0 radical (unpaired) electrons. The lowest BCUT2D eigenvalue weighted by Gasteiger charge is -2.04. The number of rotatable bonds is 0. The van der Waals surface area contributed by atoms with Crippen molar-refractivity contribution < 1.29 is 13.2 Å². The number of hydrogen-bond acceptors (Lipinski definition) is 1. The van der Waals surface area contributed by atoms with E-state index in [0.717, 1.165) is 12.3 Å². The van der Waals surface area contributed by atoms with Crippen LogP contribution in [0.2, 0.25) is 0 Å². The zero-order valence-corrected chi connectivity index (χ0v) is 6.55. The second-order valence-electron chi connectivity index (χ2n) is 1.97. The molecule has 0 aliphatic rings. The summed E-state index contributed by atoms with van der Waals surface area (Å²) in [4.78, 5) is 3.17. The number of aromatic nitrogens is 1. The highest BCUT2D eigenvalue weighted by molar-refractivity contribution is 7.27. The smallest absolute Gasteiger partial charge is 0.252 e. The minimum absolute atomic E-state index is 0.479. The van der Waals surface area contributed by atoms with Crippen LogP contribution in [0, 0.1) is 0 Å². The standard InChI is InChI=1S/C6H5F3NP/c7-6(8,9)5-3-4(11)1-2-10-5/h1-3H,11H2. The van der Waals surface area contributed by atoms with E-state index in [9.17, 15) is 13.2 Å². The molecule has 1 unspecified atom stereocenters. The third kappa shape index (κ3) is 2.15. The molecule has 1 heterocycles. The number of nitrogens with zero attached hydrogens (tertiary/aromatic N) is 1. The van der Waals surface area contributed by atoms with Gasteiger partial charge in [-0.05, 0) is 17.4 Å². The molecule has 1 aromatic heterocycles. The van der Waals surface area contributed by atoms with Crippen LogP contribution in [0.1, 0.15) is 5.69 Å². The molecule has 0 spiro atoms. The highest BCUT2D eigenvalue weighted by Crippen LogP contribution is 2.26. The van der Waals surface area contributed by atoms with Crippen molar-refractivity contribution in [2.45, 2.75) is 6.18 Å². The Hall–Kier alpha value is -0.630. The molecule has 0 aliphatic heterocycles. The van der Waals surface area contributed by atoms with Crippen LogP contribution in [-0.4, -0.2) is 4.98 Å². The van der Waals surface area contributed by atoms with Crippen LogP contribution in [0.4, 0.5) is 13.2 Å². The maximum Gasteiger partial charge on any atom is 0.433 e. The number of alkyl halides is 3. The molecule has 0 bridgehead atoms. The average molecular weight is 179 g/mol. The zero-order valence-electron chi connectivity index (χ0n) is 5.39. The van der Waals surface area contributed by atoms with Gasteiger partial charge >= 0.3 is 6.18 Å². The SMILES string of the molecule is FC(F)(F)c1cc(P)ccn1. The highest BCUT2D eigenvalue weighted by Gasteiger charge is 2.32. The zero-order chi connectivity index (χ0) is 8.48. The van der Waals surface area contributed by atoms with Gasteiger partial charge in [-0.15, -0.1) is 9.24 Å². The van der Waals surface area contributed by atoms with Gasteiger partial charge in [-0.1, -0.05) is 0 Å². The average Bonchev–Trinajstić information content (AvgIpc) is 1.86. The summed E-state index contributed by atoms with van der Waals surface area (Å²) in [6.07, 6.45) is -3.21. The molecule has 0 N–H and O–H groups in total. The van der Waals surface area contributed by atoms with Crippen LogP contribution in [-0.2, 0) is 6.18 Å². The summed E-state index contributed by atoms with van der Waals surface area (Å²) in [5, 5.41) is 0.479. The Morgan fingerprint density at radius 3 is 2.36 bits per heavy atom. The van der Waals surface area contributed by atoms with E-state index in [2.05, 4.69) is 14.2 Å². The Morgan fingerprint density at radius 2 is 2.00 bits per heavy atom. The Labute approximate surface area is 63.8 Å². The summed E-state index contributed by atoms with van der Waals surface area (Å²) < 4.78 is 35.7. The molecule has 0 amide bonds. The maximum absolute atomic E-state index is 11.9. The van der Waals surface area contributed by atoms with E-state index < -0.39 is 11.9 Å². The van der Waals surface area contributed by atoms with Crippen LogP contribution in [0.3, 0.4) is 0 Å². The topological polar surface area (TPSA) is 12.9 Å². The van der Waals surface area contributed by atoms with Gasteiger partial charge < -0.3 is 0 Å². The van der Waals surface area contributed by atoms with Crippen LogP contribution in [0.25, 0.3) is 0 Å². The van der Waals surface area contributed by atoms with Crippen LogP contribution < -0.4 is 5.30 Å². The molecule has 1 aromatic rings. The molecule has 0 saturated carbocycles. The van der Waals surface area contributed by atoms with Crippen LogP contribution >= 0.6 is 9.24 Å². The Morgan fingerprint density at radius 1 is 1.36 bits per heavy atom. The fraction of sp³-hybridized carbons (Fsp3) is 0.167. The minimum Gasteiger partial charge on any atom is -0.252 e. The number of pyridine rings is 1. The first-order valence-electron chi connectivity index (χ1n) is 2.79. The minimum atomic E-state index is -4.34. The maximum atomic E-state index is 11.9. The highest BCUT2D eigenvalue weighted by atomic mass is 31.0. The van der Waals surface area contributed by atoms with Gasteiger partial charge in [0.05, 0.1) is 0 Å². The van der Waals surface area contributed by atoms with Crippen molar-refractivity contribution >= 4 is 14.5 Å². The molecule has 1 nitrogen and oxygen atoms in total. The lowest BCUT2D eigenvalue weighted by Crippen LogP contribution is -2.10. The van der Waals surface area contributed by atoms with Crippen molar-refractivity contribution in [1.29, 1.82) is 0 Å². The summed E-state index contributed by atoms with van der Waals surface area (Å²) in [7, 11) is 2.18. The molecule has 0 fully saturated rings. The third-order valence-corrected chi connectivity index (χ3v) is 1.43. The van der Waals surface area contributed by atoms with Gasteiger partial charge in [0.1, 0.15) is 5.69 Å². The van der Waals surface area contributed by atoms with Gasteiger partial charge in [0.25, 0.3) is 0 Å². The van der Waals surface area contributed by atoms with Crippen LogP contribution in [0.5, 0.6) is 0 Å². The first-order valence-corrected chi connectivity index (χ1v) is 3.36. The molecule has 0 aliphatic carbocycles. The van der Waals surface area contributed by atoms with E-state index in [-0.39, 0.29) is 0 Å². The van der Waals surface area contributed by atoms with Crippen molar-refractivity contribution in [1.82, 2.24) is 4.98 Å². The summed E-state index contributed by atoms with van der Waals surface area (Å²) in [5.41, 5.74) is -0.856. The lowest BCUT2D eigenvalue weighted by atomic mass is 10.3. The molecule has 0 aromatic carbocycles. The fourth-order valence-electron chi connectivity index (χ4n) is 0.602. The third-order valence-electron chi connectivity index (χ3n) is 1.07. The second kappa shape index (κ2) is 2.78. The molecule has 1 atom stereocenters. The summed E-state index contributed by atoms with van der Waals surface area (Å²) in [5.74, 6) is 0.